The van der Waals surface area contributed by atoms with E-state index in [1.165, 1.54) is 28.3 Å². The Morgan fingerprint density at radius 3 is 2.89 bits per heavy atom. The van der Waals surface area contributed by atoms with Crippen LogP contribution >= 0.6 is 11.5 Å². The predicted octanol–water partition coefficient (Wildman–Crippen LogP) is 4.31. The van der Waals surface area contributed by atoms with Crippen molar-refractivity contribution in [3.63, 3.8) is 0 Å². The molecule has 0 fully saturated rings. The highest BCUT2D eigenvalue weighted by molar-refractivity contribution is 7.09. The molecule has 140 valence electrons. The number of fused-ring (bicyclic) bond motifs is 1. The smallest absolute Gasteiger partial charge is 0.144 e. The van der Waals surface area contributed by atoms with Crippen molar-refractivity contribution in [3.8, 4) is 16.3 Å². The summed E-state index contributed by atoms with van der Waals surface area (Å²) in [5, 5.41) is 4.57. The van der Waals surface area contributed by atoms with E-state index in [9.17, 15) is 0 Å². The second-order valence-electron chi connectivity index (χ2n) is 6.80. The van der Waals surface area contributed by atoms with E-state index in [0.717, 1.165) is 53.9 Å². The minimum absolute atomic E-state index is 0.827. The highest BCUT2D eigenvalue weighted by atomic mass is 32.1. The number of ether oxygens (including phenoxy) is 1. The fraction of sp³-hybridized carbons (Fsp3) is 0.333. The van der Waals surface area contributed by atoms with Crippen LogP contribution in [0.3, 0.4) is 0 Å². The minimum atomic E-state index is 0.827. The summed E-state index contributed by atoms with van der Waals surface area (Å²) in [5.41, 5.74) is 6.13. The number of aromatic nitrogens is 2. The molecule has 0 bridgehead atoms. The third-order valence-electron chi connectivity index (χ3n) is 5.01. The molecule has 6 heteroatoms. The molecule has 1 aliphatic rings. The number of hydrogen-bond donors (Lipinski definition) is 1. The number of hydrogen-bond acceptors (Lipinski definition) is 6. The van der Waals surface area contributed by atoms with Crippen LogP contribution in [0.4, 0.5) is 11.4 Å². The van der Waals surface area contributed by atoms with Crippen molar-refractivity contribution in [1.29, 1.82) is 0 Å². The van der Waals surface area contributed by atoms with Crippen LogP contribution in [0.5, 0.6) is 5.75 Å². The Hall–Kier alpha value is -2.60. The fourth-order valence-electron chi connectivity index (χ4n) is 3.58. The van der Waals surface area contributed by atoms with Gasteiger partial charge in [-0.05, 0) is 55.6 Å². The molecule has 2 heterocycles. The van der Waals surface area contributed by atoms with Gasteiger partial charge in [-0.3, -0.25) is 0 Å². The van der Waals surface area contributed by atoms with Crippen molar-refractivity contribution in [1.82, 2.24) is 9.36 Å². The lowest BCUT2D eigenvalue weighted by molar-refractivity contribution is 0.411. The maximum Gasteiger partial charge on any atom is 0.144 e. The number of methoxy groups -OCH3 is 1. The third-order valence-corrected chi connectivity index (χ3v) is 5.87. The summed E-state index contributed by atoms with van der Waals surface area (Å²) in [6.45, 7) is 6.95. The molecule has 5 nitrogen and oxygen atoms in total. The summed E-state index contributed by atoms with van der Waals surface area (Å²) in [5.74, 6) is 1.83. The third kappa shape index (κ3) is 3.62. The van der Waals surface area contributed by atoms with Crippen LogP contribution in [-0.4, -0.2) is 36.1 Å². The van der Waals surface area contributed by atoms with Crippen LogP contribution in [0.2, 0.25) is 0 Å². The molecule has 0 radical (unpaired) electrons. The van der Waals surface area contributed by atoms with Crippen molar-refractivity contribution in [2.24, 2.45) is 0 Å². The second-order valence-corrected chi connectivity index (χ2v) is 7.55. The lowest BCUT2D eigenvalue weighted by Crippen LogP contribution is -2.27. The number of anilines is 2. The van der Waals surface area contributed by atoms with E-state index in [-0.39, 0.29) is 0 Å². The Labute approximate surface area is 164 Å². The summed E-state index contributed by atoms with van der Waals surface area (Å²) in [6, 6.07) is 12.7. The Balaban J connectivity index is 1.43. The van der Waals surface area contributed by atoms with Gasteiger partial charge in [0.2, 0.25) is 0 Å². The number of nitrogens with zero attached hydrogens (tertiary/aromatic N) is 3. The van der Waals surface area contributed by atoms with Crippen LogP contribution in [0, 0.1) is 13.8 Å². The molecule has 1 aliphatic heterocycles. The van der Waals surface area contributed by atoms with Gasteiger partial charge in [-0.2, -0.15) is 4.37 Å². The van der Waals surface area contributed by atoms with Gasteiger partial charge in [-0.1, -0.05) is 18.2 Å². The molecule has 0 unspecified atom stereocenters. The molecule has 2 aromatic carbocycles. The topological polar surface area (TPSA) is 50.3 Å². The molecule has 4 rings (SSSR count). The van der Waals surface area contributed by atoms with Gasteiger partial charge in [0, 0.05) is 42.1 Å². The molecule has 1 aromatic heterocycles. The van der Waals surface area contributed by atoms with Crippen molar-refractivity contribution in [2.75, 3.05) is 37.0 Å². The van der Waals surface area contributed by atoms with Crippen molar-refractivity contribution >= 4 is 22.9 Å². The first-order valence-corrected chi connectivity index (χ1v) is 9.99. The number of rotatable bonds is 6. The fourth-order valence-corrected chi connectivity index (χ4v) is 4.24. The van der Waals surface area contributed by atoms with E-state index in [4.69, 9.17) is 4.74 Å². The Kier molecular flexibility index (Phi) is 4.99. The molecule has 0 atom stereocenters. The minimum Gasteiger partial charge on any atom is -0.496 e. The van der Waals surface area contributed by atoms with Crippen LogP contribution in [-0.2, 0) is 6.42 Å². The van der Waals surface area contributed by atoms with Gasteiger partial charge in [0.1, 0.15) is 16.6 Å². The van der Waals surface area contributed by atoms with E-state index >= 15 is 0 Å². The van der Waals surface area contributed by atoms with Gasteiger partial charge >= 0.3 is 0 Å². The monoisotopic (exact) mass is 380 g/mol. The van der Waals surface area contributed by atoms with Crippen molar-refractivity contribution in [3.05, 3.63) is 53.3 Å². The van der Waals surface area contributed by atoms with Crippen LogP contribution in [0.1, 0.15) is 17.0 Å². The quantitative estimate of drug-likeness (QED) is 0.691. The van der Waals surface area contributed by atoms with Gasteiger partial charge in [0.15, 0.2) is 0 Å². The zero-order chi connectivity index (χ0) is 18.8. The van der Waals surface area contributed by atoms with Crippen LogP contribution in [0.15, 0.2) is 36.4 Å². The van der Waals surface area contributed by atoms with Gasteiger partial charge in [-0.25, -0.2) is 4.98 Å². The van der Waals surface area contributed by atoms with E-state index in [2.05, 4.69) is 56.8 Å². The molecule has 27 heavy (non-hydrogen) atoms. The average Bonchev–Trinajstić information content (AvgIpc) is 3.29. The Morgan fingerprint density at radius 1 is 1.22 bits per heavy atom. The zero-order valence-electron chi connectivity index (χ0n) is 16.0. The Bertz CT molecular complexity index is 953. The lowest BCUT2D eigenvalue weighted by Gasteiger charge is -2.21. The number of nitrogens with one attached hydrogen (secondary N) is 1. The van der Waals surface area contributed by atoms with E-state index in [0.29, 0.717) is 0 Å². The molecule has 0 saturated carbocycles. The second kappa shape index (κ2) is 7.56. The zero-order valence-corrected chi connectivity index (χ0v) is 16.8. The summed E-state index contributed by atoms with van der Waals surface area (Å²) in [7, 11) is 1.75. The molecule has 0 amide bonds. The summed E-state index contributed by atoms with van der Waals surface area (Å²) in [4.78, 5) is 6.92. The average molecular weight is 381 g/mol. The van der Waals surface area contributed by atoms with Crippen molar-refractivity contribution < 1.29 is 4.74 Å². The van der Waals surface area contributed by atoms with E-state index in [1.807, 2.05) is 13.0 Å². The first kappa shape index (κ1) is 17.8. The molecule has 3 aromatic rings. The summed E-state index contributed by atoms with van der Waals surface area (Å²) >= 11 is 1.45. The largest absolute Gasteiger partial charge is 0.496 e. The van der Waals surface area contributed by atoms with Gasteiger partial charge in [-0.15, -0.1) is 0 Å². The van der Waals surface area contributed by atoms with E-state index < -0.39 is 0 Å². The standard InChI is InChI=1S/C21H24N4OS/c1-14-7-8-16(21-23-15(2)24-27-21)13-18(14)22-10-12-25-11-9-17-19(25)5-4-6-20(17)26-3/h4-8,13,22H,9-12H2,1-3H3. The highest BCUT2D eigenvalue weighted by Gasteiger charge is 2.21. The lowest BCUT2D eigenvalue weighted by atomic mass is 10.1. The van der Waals surface area contributed by atoms with E-state index in [1.54, 1.807) is 7.11 Å². The van der Waals surface area contributed by atoms with Crippen molar-refractivity contribution in [2.45, 2.75) is 20.3 Å². The van der Waals surface area contributed by atoms with Gasteiger partial charge < -0.3 is 15.0 Å². The van der Waals surface area contributed by atoms with Gasteiger partial charge in [0.25, 0.3) is 0 Å². The molecule has 0 spiro atoms. The normalized spacial score (nSPS) is 12.9. The molecular weight excluding hydrogens is 356 g/mol. The summed E-state index contributed by atoms with van der Waals surface area (Å²) < 4.78 is 9.79. The SMILES string of the molecule is COc1cccc2c1CCN2CCNc1cc(-c2nc(C)ns2)ccc1C. The molecule has 1 N–H and O–H groups in total. The maximum atomic E-state index is 5.50. The first-order chi connectivity index (χ1) is 13.2. The number of aryl methyl sites for hydroxylation is 2. The highest BCUT2D eigenvalue weighted by Crippen LogP contribution is 2.34. The molecule has 0 saturated heterocycles. The maximum absolute atomic E-state index is 5.50. The molecular formula is C21H24N4OS. The first-order valence-electron chi connectivity index (χ1n) is 9.22. The number of benzene rings is 2. The molecule has 0 aliphatic carbocycles. The Morgan fingerprint density at radius 2 is 2.11 bits per heavy atom. The predicted molar refractivity (Wildman–Crippen MR) is 112 cm³/mol. The van der Waals surface area contributed by atoms with Crippen LogP contribution in [0.25, 0.3) is 10.6 Å². The summed E-state index contributed by atoms with van der Waals surface area (Å²) in [6.07, 6.45) is 1.05. The van der Waals surface area contributed by atoms with Crippen LogP contribution < -0.4 is 15.0 Å². The van der Waals surface area contributed by atoms with Gasteiger partial charge in [0.05, 0.1) is 7.11 Å².